The molecule has 4 heteroatoms. The number of benzene rings is 1. The Labute approximate surface area is 97.1 Å². The van der Waals surface area contributed by atoms with Crippen LogP contribution in [0, 0.1) is 0 Å². The van der Waals surface area contributed by atoms with E-state index in [0.29, 0.717) is 6.04 Å². The standard InChI is InChI=1S/C12H13NO2S/c14-12-15-10-6-3-4-8(11(10)16-12)9-5-1-2-7-13-9/h3-4,6,9,13H,1-2,5,7H2. The molecule has 1 aliphatic heterocycles. The van der Waals surface area contributed by atoms with E-state index in [9.17, 15) is 4.79 Å². The molecule has 2 aromatic rings. The van der Waals surface area contributed by atoms with Crippen LogP contribution in [0.15, 0.2) is 27.4 Å². The fourth-order valence-corrected chi connectivity index (χ4v) is 3.14. The molecule has 1 aromatic carbocycles. The molecule has 1 unspecified atom stereocenters. The van der Waals surface area contributed by atoms with Crippen LogP contribution in [0.25, 0.3) is 10.3 Å². The first-order chi connectivity index (χ1) is 7.84. The first-order valence-electron chi connectivity index (χ1n) is 5.60. The van der Waals surface area contributed by atoms with Gasteiger partial charge in [-0.1, -0.05) is 29.9 Å². The fourth-order valence-electron chi connectivity index (χ4n) is 2.31. The Balaban J connectivity index is 2.11. The maximum atomic E-state index is 11.3. The first kappa shape index (κ1) is 10.1. The maximum Gasteiger partial charge on any atom is 0.396 e. The summed E-state index contributed by atoms with van der Waals surface area (Å²) in [6.45, 7) is 1.06. The van der Waals surface area contributed by atoms with E-state index in [-0.39, 0.29) is 4.94 Å². The maximum absolute atomic E-state index is 11.3. The van der Waals surface area contributed by atoms with Crippen molar-refractivity contribution in [2.24, 2.45) is 0 Å². The molecule has 0 spiro atoms. The van der Waals surface area contributed by atoms with Gasteiger partial charge in [-0.15, -0.1) is 0 Å². The van der Waals surface area contributed by atoms with Crippen molar-refractivity contribution >= 4 is 21.6 Å². The topological polar surface area (TPSA) is 42.2 Å². The Bertz CT molecular complexity index is 551. The summed E-state index contributed by atoms with van der Waals surface area (Å²) >= 11 is 1.21. The lowest BCUT2D eigenvalue weighted by Gasteiger charge is -2.23. The number of hydrogen-bond donors (Lipinski definition) is 1. The van der Waals surface area contributed by atoms with Gasteiger partial charge in [-0.2, -0.15) is 0 Å². The molecule has 0 aliphatic carbocycles. The third-order valence-corrected chi connectivity index (χ3v) is 3.96. The van der Waals surface area contributed by atoms with Gasteiger partial charge >= 0.3 is 4.94 Å². The van der Waals surface area contributed by atoms with Crippen molar-refractivity contribution in [1.29, 1.82) is 0 Å². The van der Waals surface area contributed by atoms with Gasteiger partial charge in [-0.05, 0) is 31.0 Å². The molecular weight excluding hydrogens is 222 g/mol. The summed E-state index contributed by atoms with van der Waals surface area (Å²) in [4.78, 5) is 11.0. The smallest absolute Gasteiger partial charge is 0.396 e. The van der Waals surface area contributed by atoms with Crippen LogP contribution >= 0.6 is 11.3 Å². The average Bonchev–Trinajstić information content (AvgIpc) is 2.70. The molecule has 1 fully saturated rings. The van der Waals surface area contributed by atoms with Crippen molar-refractivity contribution in [3.8, 4) is 0 Å². The zero-order chi connectivity index (χ0) is 11.0. The lowest BCUT2D eigenvalue weighted by atomic mass is 9.97. The van der Waals surface area contributed by atoms with Crippen molar-refractivity contribution < 1.29 is 4.42 Å². The van der Waals surface area contributed by atoms with E-state index in [1.54, 1.807) is 0 Å². The third kappa shape index (κ3) is 1.68. The minimum absolute atomic E-state index is 0.210. The van der Waals surface area contributed by atoms with Crippen molar-refractivity contribution in [1.82, 2.24) is 5.32 Å². The molecule has 1 aliphatic rings. The van der Waals surface area contributed by atoms with Crippen LogP contribution in [0.2, 0.25) is 0 Å². The van der Waals surface area contributed by atoms with Crippen LogP contribution in [0.1, 0.15) is 30.9 Å². The van der Waals surface area contributed by atoms with Gasteiger partial charge in [0.15, 0.2) is 0 Å². The summed E-state index contributed by atoms with van der Waals surface area (Å²) in [6.07, 6.45) is 3.64. The second-order valence-electron chi connectivity index (χ2n) is 4.13. The van der Waals surface area contributed by atoms with E-state index in [2.05, 4.69) is 11.4 Å². The molecule has 1 N–H and O–H groups in total. The minimum atomic E-state index is -0.210. The lowest BCUT2D eigenvalue weighted by Crippen LogP contribution is -2.26. The number of rotatable bonds is 1. The van der Waals surface area contributed by atoms with Gasteiger partial charge < -0.3 is 9.73 Å². The van der Waals surface area contributed by atoms with Crippen LogP contribution in [-0.2, 0) is 0 Å². The summed E-state index contributed by atoms with van der Waals surface area (Å²) in [5, 5.41) is 3.50. The molecule has 16 heavy (non-hydrogen) atoms. The molecule has 3 nitrogen and oxygen atoms in total. The SMILES string of the molecule is O=c1oc2cccc(C3CCCCN3)c2s1. The highest BCUT2D eigenvalue weighted by atomic mass is 32.1. The summed E-state index contributed by atoms with van der Waals surface area (Å²) < 4.78 is 6.14. The molecule has 1 aromatic heterocycles. The monoisotopic (exact) mass is 235 g/mol. The number of hydrogen-bond acceptors (Lipinski definition) is 4. The quantitative estimate of drug-likeness (QED) is 0.826. The molecule has 0 bridgehead atoms. The molecular formula is C12H13NO2S. The van der Waals surface area contributed by atoms with Gasteiger partial charge in [0, 0.05) is 6.04 Å². The Morgan fingerprint density at radius 3 is 3.12 bits per heavy atom. The first-order valence-corrected chi connectivity index (χ1v) is 6.42. The highest BCUT2D eigenvalue weighted by Gasteiger charge is 2.18. The zero-order valence-electron chi connectivity index (χ0n) is 8.86. The van der Waals surface area contributed by atoms with Crippen molar-refractivity contribution in [3.05, 3.63) is 33.5 Å². The van der Waals surface area contributed by atoms with Gasteiger partial charge in [0.2, 0.25) is 0 Å². The summed E-state index contributed by atoms with van der Waals surface area (Å²) in [5.41, 5.74) is 1.94. The zero-order valence-corrected chi connectivity index (χ0v) is 9.68. The second-order valence-corrected chi connectivity index (χ2v) is 5.08. The number of nitrogens with one attached hydrogen (secondary N) is 1. The van der Waals surface area contributed by atoms with Gasteiger partial charge in [-0.25, -0.2) is 4.79 Å². The molecule has 1 atom stereocenters. The molecule has 0 amide bonds. The van der Waals surface area contributed by atoms with E-state index < -0.39 is 0 Å². The minimum Gasteiger partial charge on any atom is -0.414 e. The van der Waals surface area contributed by atoms with Gasteiger partial charge in [-0.3, -0.25) is 0 Å². The molecule has 0 saturated carbocycles. The van der Waals surface area contributed by atoms with E-state index in [0.717, 1.165) is 23.2 Å². The Kier molecular flexibility index (Phi) is 2.53. The average molecular weight is 235 g/mol. The van der Waals surface area contributed by atoms with E-state index in [4.69, 9.17) is 4.42 Å². The van der Waals surface area contributed by atoms with Crippen LogP contribution in [0.4, 0.5) is 0 Å². The van der Waals surface area contributed by atoms with E-state index in [1.165, 1.54) is 29.7 Å². The van der Waals surface area contributed by atoms with Crippen molar-refractivity contribution in [2.45, 2.75) is 25.3 Å². The highest BCUT2D eigenvalue weighted by Crippen LogP contribution is 2.30. The Morgan fingerprint density at radius 2 is 2.31 bits per heavy atom. The molecule has 2 heterocycles. The third-order valence-electron chi connectivity index (χ3n) is 3.07. The fraction of sp³-hybridized carbons (Fsp3) is 0.417. The van der Waals surface area contributed by atoms with Crippen molar-refractivity contribution in [2.75, 3.05) is 6.54 Å². The van der Waals surface area contributed by atoms with Crippen LogP contribution < -0.4 is 10.3 Å². The Morgan fingerprint density at radius 1 is 1.38 bits per heavy atom. The molecule has 84 valence electrons. The van der Waals surface area contributed by atoms with Crippen molar-refractivity contribution in [3.63, 3.8) is 0 Å². The van der Waals surface area contributed by atoms with E-state index in [1.807, 2.05) is 12.1 Å². The molecule has 3 rings (SSSR count). The number of piperidine rings is 1. The second kappa shape index (κ2) is 4.03. The largest absolute Gasteiger partial charge is 0.414 e. The lowest BCUT2D eigenvalue weighted by molar-refractivity contribution is 0.414. The van der Waals surface area contributed by atoms with Gasteiger partial charge in [0.25, 0.3) is 0 Å². The van der Waals surface area contributed by atoms with Crippen LogP contribution in [0.5, 0.6) is 0 Å². The summed E-state index contributed by atoms with van der Waals surface area (Å²) in [7, 11) is 0. The predicted octanol–water partition coefficient (Wildman–Crippen LogP) is 2.67. The normalized spacial score (nSPS) is 21.4. The van der Waals surface area contributed by atoms with Crippen LogP contribution in [0.3, 0.4) is 0 Å². The summed E-state index contributed by atoms with van der Waals surface area (Å²) in [6, 6.07) is 6.30. The number of fused-ring (bicyclic) bond motifs is 1. The molecule has 1 saturated heterocycles. The summed E-state index contributed by atoms with van der Waals surface area (Å²) in [5.74, 6) is 0. The Hall–Kier alpha value is -1.13. The predicted molar refractivity (Wildman–Crippen MR) is 65.0 cm³/mol. The van der Waals surface area contributed by atoms with Crippen LogP contribution in [-0.4, -0.2) is 6.54 Å². The highest BCUT2D eigenvalue weighted by molar-refractivity contribution is 7.16. The molecule has 0 radical (unpaired) electrons. The van der Waals surface area contributed by atoms with Gasteiger partial charge in [0.1, 0.15) is 5.58 Å². The van der Waals surface area contributed by atoms with E-state index >= 15 is 0 Å². The van der Waals surface area contributed by atoms with Gasteiger partial charge in [0.05, 0.1) is 4.70 Å².